The highest BCUT2D eigenvalue weighted by molar-refractivity contribution is 6.12. The quantitative estimate of drug-likeness (QED) is 0.175. The summed E-state index contributed by atoms with van der Waals surface area (Å²) >= 11 is 0. The molecule has 3 aromatic carbocycles. The van der Waals surface area contributed by atoms with Gasteiger partial charge in [-0.15, -0.1) is 24.8 Å². The molecule has 0 spiro atoms. The molecule has 2 heterocycles. The smallest absolute Gasteiger partial charge is 0.258 e. The van der Waals surface area contributed by atoms with Gasteiger partial charge in [0.15, 0.2) is 0 Å². The van der Waals surface area contributed by atoms with E-state index in [0.717, 1.165) is 56.5 Å². The summed E-state index contributed by atoms with van der Waals surface area (Å²) in [7, 11) is 5.28. The zero-order valence-electron chi connectivity index (χ0n) is 27.8. The zero-order chi connectivity index (χ0) is 32.6. The molecule has 4 aromatic rings. The first kappa shape index (κ1) is 38.1. The van der Waals surface area contributed by atoms with Gasteiger partial charge in [-0.1, -0.05) is 12.1 Å². The monoisotopic (exact) mass is 698 g/mol. The Kier molecular flexibility index (Phi) is 14.1. The third-order valence-electron chi connectivity index (χ3n) is 8.32. The number of unbranched alkanes of at least 4 members (excludes halogenated alkanes) is 2. The molecule has 0 bridgehead atoms. The molecule has 11 nitrogen and oxygen atoms in total. The standard InChI is InChI=1S/C35H42N6O5.2ClH/c1-24-12-15-29(31(21-24)46-20-7-5-6-11-32(42)41-18-16-39(2)17-19-41)40(3)35(44)25-13-14-27(30(22-25)45-4)38-34(43)26-9-8-10-28-33(26)37-23-36-28;;/h8-10,12-15,21-23H,5-7,11,16-20H2,1-4H3,(H,36,37)(H,38,43);2*1H. The number of nitrogens with zero attached hydrogens (tertiary/aromatic N) is 4. The first-order valence-corrected chi connectivity index (χ1v) is 15.6. The van der Waals surface area contributed by atoms with Gasteiger partial charge in [-0.25, -0.2) is 4.98 Å². The fourth-order valence-corrected chi connectivity index (χ4v) is 5.53. The minimum atomic E-state index is -0.338. The molecule has 48 heavy (non-hydrogen) atoms. The van der Waals surface area contributed by atoms with Gasteiger partial charge in [0.25, 0.3) is 11.8 Å². The molecule has 1 aromatic heterocycles. The molecular formula is C35H44Cl2N6O5. The van der Waals surface area contributed by atoms with Crippen molar-refractivity contribution in [2.75, 3.05) is 64.2 Å². The Bertz CT molecular complexity index is 1710. The van der Waals surface area contributed by atoms with Crippen molar-refractivity contribution < 1.29 is 23.9 Å². The molecule has 5 rings (SSSR count). The number of hydrogen-bond acceptors (Lipinski definition) is 7. The number of hydrogen-bond donors (Lipinski definition) is 2. The van der Waals surface area contributed by atoms with Crippen molar-refractivity contribution in [3.8, 4) is 11.5 Å². The number of piperazine rings is 1. The van der Waals surface area contributed by atoms with Crippen molar-refractivity contribution in [1.29, 1.82) is 0 Å². The number of H-pyrrole nitrogens is 1. The maximum atomic E-state index is 13.6. The molecule has 1 saturated heterocycles. The molecule has 13 heteroatoms. The Labute approximate surface area is 293 Å². The lowest BCUT2D eigenvalue weighted by Crippen LogP contribution is -2.47. The first-order valence-electron chi connectivity index (χ1n) is 15.6. The van der Waals surface area contributed by atoms with Gasteiger partial charge in [-0.05, 0) is 81.3 Å². The van der Waals surface area contributed by atoms with Crippen LogP contribution >= 0.6 is 24.8 Å². The summed E-state index contributed by atoms with van der Waals surface area (Å²) in [6.07, 6.45) is 4.62. The van der Waals surface area contributed by atoms with Crippen molar-refractivity contribution in [3.05, 3.63) is 77.6 Å². The minimum absolute atomic E-state index is 0. The summed E-state index contributed by atoms with van der Waals surface area (Å²) in [5, 5.41) is 2.88. The maximum absolute atomic E-state index is 13.6. The number of fused-ring (bicyclic) bond motifs is 1. The minimum Gasteiger partial charge on any atom is -0.495 e. The van der Waals surface area contributed by atoms with Crippen LogP contribution in [0.1, 0.15) is 52.0 Å². The average molecular weight is 700 g/mol. The molecule has 0 radical (unpaired) electrons. The van der Waals surface area contributed by atoms with Gasteiger partial charge < -0.3 is 34.5 Å². The van der Waals surface area contributed by atoms with Crippen LogP contribution < -0.4 is 19.7 Å². The van der Waals surface area contributed by atoms with E-state index in [0.29, 0.717) is 52.5 Å². The third-order valence-corrected chi connectivity index (χ3v) is 8.32. The number of imidazole rings is 1. The number of para-hydroxylation sites is 1. The van der Waals surface area contributed by atoms with Gasteiger partial charge >= 0.3 is 0 Å². The average Bonchev–Trinajstić information content (AvgIpc) is 3.55. The fourth-order valence-electron chi connectivity index (χ4n) is 5.53. The number of halogens is 2. The number of aromatic amines is 1. The van der Waals surface area contributed by atoms with Crippen molar-refractivity contribution in [2.45, 2.75) is 32.6 Å². The number of rotatable bonds is 12. The molecule has 1 fully saturated rings. The van der Waals surface area contributed by atoms with E-state index in [-0.39, 0.29) is 42.5 Å². The number of methoxy groups -OCH3 is 1. The number of aryl methyl sites for hydroxylation is 1. The Balaban J connectivity index is 0.00000312. The van der Waals surface area contributed by atoms with Crippen LogP contribution in [0.5, 0.6) is 11.5 Å². The van der Waals surface area contributed by atoms with Crippen LogP contribution in [0.3, 0.4) is 0 Å². The van der Waals surface area contributed by atoms with Crippen LogP contribution in [0, 0.1) is 6.92 Å². The predicted octanol–water partition coefficient (Wildman–Crippen LogP) is 5.97. The Morgan fingerprint density at radius 3 is 2.48 bits per heavy atom. The van der Waals surface area contributed by atoms with Crippen molar-refractivity contribution in [1.82, 2.24) is 19.8 Å². The van der Waals surface area contributed by atoms with E-state index in [2.05, 4.69) is 27.2 Å². The maximum Gasteiger partial charge on any atom is 0.258 e. The van der Waals surface area contributed by atoms with Crippen molar-refractivity contribution in [2.24, 2.45) is 0 Å². The number of carbonyl (C=O) groups is 3. The largest absolute Gasteiger partial charge is 0.495 e. The van der Waals surface area contributed by atoms with E-state index in [9.17, 15) is 14.4 Å². The lowest BCUT2D eigenvalue weighted by atomic mass is 10.1. The predicted molar refractivity (Wildman–Crippen MR) is 193 cm³/mol. The van der Waals surface area contributed by atoms with Gasteiger partial charge in [0.1, 0.15) is 17.0 Å². The van der Waals surface area contributed by atoms with Crippen LogP contribution in [0.2, 0.25) is 0 Å². The van der Waals surface area contributed by atoms with E-state index < -0.39 is 0 Å². The Morgan fingerprint density at radius 2 is 1.73 bits per heavy atom. The topological polar surface area (TPSA) is 120 Å². The highest BCUT2D eigenvalue weighted by Gasteiger charge is 2.21. The molecular weight excluding hydrogens is 655 g/mol. The lowest BCUT2D eigenvalue weighted by molar-refractivity contribution is -0.132. The number of anilines is 2. The third kappa shape index (κ3) is 9.18. The molecule has 3 amide bonds. The second-order valence-corrected chi connectivity index (χ2v) is 11.7. The second-order valence-electron chi connectivity index (χ2n) is 11.7. The molecule has 1 aliphatic rings. The van der Waals surface area contributed by atoms with Crippen LogP contribution in [-0.4, -0.2) is 91.5 Å². The van der Waals surface area contributed by atoms with Crippen LogP contribution in [0.25, 0.3) is 11.0 Å². The van der Waals surface area contributed by atoms with E-state index in [4.69, 9.17) is 9.47 Å². The first-order chi connectivity index (χ1) is 22.2. The van der Waals surface area contributed by atoms with E-state index >= 15 is 0 Å². The second kappa shape index (κ2) is 17.7. The number of aromatic nitrogens is 2. The fraction of sp³-hybridized carbons (Fsp3) is 0.371. The van der Waals surface area contributed by atoms with Gasteiger partial charge in [0.2, 0.25) is 5.91 Å². The number of amides is 3. The molecule has 0 saturated carbocycles. The lowest BCUT2D eigenvalue weighted by Gasteiger charge is -2.32. The Hall–Kier alpha value is -4.32. The number of nitrogens with one attached hydrogen (secondary N) is 2. The number of likely N-dealkylation sites (N-methyl/N-ethyl adjacent to an activating group) is 1. The summed E-state index contributed by atoms with van der Waals surface area (Å²) in [6.45, 7) is 5.92. The summed E-state index contributed by atoms with van der Waals surface area (Å²) in [6, 6.07) is 16.0. The summed E-state index contributed by atoms with van der Waals surface area (Å²) in [5.41, 5.74) is 4.24. The molecule has 0 atom stereocenters. The molecule has 2 N–H and O–H groups in total. The van der Waals surface area contributed by atoms with Gasteiger partial charge in [-0.2, -0.15) is 0 Å². The number of benzene rings is 3. The van der Waals surface area contributed by atoms with E-state index in [1.54, 1.807) is 48.6 Å². The zero-order valence-corrected chi connectivity index (χ0v) is 29.4. The highest BCUT2D eigenvalue weighted by atomic mass is 35.5. The van der Waals surface area contributed by atoms with Gasteiger partial charge in [0.05, 0.1) is 42.5 Å². The van der Waals surface area contributed by atoms with Gasteiger partial charge in [-0.3, -0.25) is 14.4 Å². The summed E-state index contributed by atoms with van der Waals surface area (Å²) in [5.74, 6) is 0.610. The molecule has 0 aliphatic carbocycles. The van der Waals surface area contributed by atoms with Gasteiger partial charge in [0, 0.05) is 45.2 Å². The van der Waals surface area contributed by atoms with E-state index in [1.807, 2.05) is 36.1 Å². The molecule has 1 aliphatic heterocycles. The molecule has 258 valence electrons. The number of carbonyl (C=O) groups excluding carboxylic acids is 3. The normalized spacial score (nSPS) is 12.9. The van der Waals surface area contributed by atoms with Crippen LogP contribution in [0.15, 0.2) is 60.9 Å². The van der Waals surface area contributed by atoms with Crippen LogP contribution in [0.4, 0.5) is 11.4 Å². The highest BCUT2D eigenvalue weighted by Crippen LogP contribution is 2.32. The van der Waals surface area contributed by atoms with Crippen LogP contribution in [-0.2, 0) is 4.79 Å². The Morgan fingerprint density at radius 1 is 0.958 bits per heavy atom. The summed E-state index contributed by atoms with van der Waals surface area (Å²) < 4.78 is 11.7. The SMILES string of the molecule is COc1cc(C(=O)N(C)c2ccc(C)cc2OCCCCCC(=O)N2CCN(C)CC2)ccc1NC(=O)c1cccc2[nH]cnc12.Cl.Cl. The van der Waals surface area contributed by atoms with Crippen molar-refractivity contribution >= 4 is 64.9 Å². The summed E-state index contributed by atoms with van der Waals surface area (Å²) in [4.78, 5) is 52.2. The van der Waals surface area contributed by atoms with E-state index in [1.165, 1.54) is 7.11 Å². The number of ether oxygens (including phenoxy) is 2. The van der Waals surface area contributed by atoms with Crippen molar-refractivity contribution in [3.63, 3.8) is 0 Å². The molecule has 0 unspecified atom stereocenters.